The summed E-state index contributed by atoms with van der Waals surface area (Å²) < 4.78 is 2.01. The van der Waals surface area contributed by atoms with Crippen LogP contribution >= 0.6 is 0 Å². The number of β-amino-alcohol motifs (C(OH)–C–C–N with tert-alkyl or cyclic N) is 1. The van der Waals surface area contributed by atoms with Crippen molar-refractivity contribution in [2.75, 3.05) is 18.8 Å². The number of hydrogen-bond donors (Lipinski definition) is 2. The number of nitrogen functional groups attached to an aromatic ring is 1. The van der Waals surface area contributed by atoms with E-state index in [-0.39, 0.29) is 5.91 Å². The molecule has 1 aliphatic heterocycles. The molecule has 1 aromatic heterocycles. The minimum Gasteiger partial charge on any atom is -0.397 e. The Kier molecular flexibility index (Phi) is 2.11. The zero-order valence-electron chi connectivity index (χ0n) is 10.9. The van der Waals surface area contributed by atoms with Crippen LogP contribution in [-0.2, 0) is 0 Å². The van der Waals surface area contributed by atoms with E-state index in [1.165, 1.54) is 0 Å². The molecule has 0 atom stereocenters. The van der Waals surface area contributed by atoms with Gasteiger partial charge in [-0.25, -0.2) is 0 Å². The molecule has 1 aromatic rings. The molecule has 19 heavy (non-hydrogen) atoms. The number of rotatable bonds is 3. The molecule has 1 saturated heterocycles. The van der Waals surface area contributed by atoms with Gasteiger partial charge in [0, 0.05) is 12.2 Å². The fourth-order valence-electron chi connectivity index (χ4n) is 3.13. The minimum absolute atomic E-state index is 0.00826. The molecular formula is C14H19N3O2. The molecule has 0 spiro atoms. The number of likely N-dealkylation sites (tertiary alicyclic amines) is 1. The van der Waals surface area contributed by atoms with Crippen molar-refractivity contribution in [2.24, 2.45) is 5.92 Å². The number of aliphatic hydroxyl groups is 1. The Morgan fingerprint density at radius 3 is 2.58 bits per heavy atom. The average molecular weight is 261 g/mol. The second-order valence-electron chi connectivity index (χ2n) is 6.34. The van der Waals surface area contributed by atoms with Crippen LogP contribution < -0.4 is 5.73 Å². The van der Waals surface area contributed by atoms with Crippen LogP contribution in [0, 0.1) is 5.92 Å². The molecule has 5 nitrogen and oxygen atoms in total. The number of nitrogens with zero attached hydrogens (tertiary/aromatic N) is 2. The highest BCUT2D eigenvalue weighted by Gasteiger charge is 2.53. The third kappa shape index (κ3) is 1.75. The highest BCUT2D eigenvalue weighted by atomic mass is 16.3. The van der Waals surface area contributed by atoms with Crippen molar-refractivity contribution in [3.05, 3.63) is 18.0 Å². The van der Waals surface area contributed by atoms with Crippen LogP contribution in [0.4, 0.5) is 5.69 Å². The molecule has 2 heterocycles. The Morgan fingerprint density at radius 2 is 2.00 bits per heavy atom. The van der Waals surface area contributed by atoms with Crippen LogP contribution in [0.25, 0.3) is 0 Å². The van der Waals surface area contributed by atoms with Gasteiger partial charge in [0.1, 0.15) is 11.3 Å². The monoisotopic (exact) mass is 261 g/mol. The summed E-state index contributed by atoms with van der Waals surface area (Å²) in [6.07, 6.45) is 6.31. The van der Waals surface area contributed by atoms with Gasteiger partial charge in [-0.3, -0.25) is 4.79 Å². The quantitative estimate of drug-likeness (QED) is 0.852. The summed E-state index contributed by atoms with van der Waals surface area (Å²) in [5, 5.41) is 10.3. The molecule has 2 aliphatic carbocycles. The van der Waals surface area contributed by atoms with Crippen molar-refractivity contribution in [3.63, 3.8) is 0 Å². The number of carbonyl (C=O) groups excluding carboxylic acids is 1. The van der Waals surface area contributed by atoms with Crippen molar-refractivity contribution in [1.29, 1.82) is 0 Å². The van der Waals surface area contributed by atoms with E-state index in [2.05, 4.69) is 0 Å². The summed E-state index contributed by atoms with van der Waals surface area (Å²) in [5.41, 5.74) is 6.53. The SMILES string of the molecule is Nc1cc(C(=O)N2CC(O)(C3CC3)C2)n(C2CC2)c1. The van der Waals surface area contributed by atoms with E-state index in [1.807, 2.05) is 10.8 Å². The van der Waals surface area contributed by atoms with E-state index < -0.39 is 5.60 Å². The lowest BCUT2D eigenvalue weighted by Crippen LogP contribution is -2.64. The summed E-state index contributed by atoms with van der Waals surface area (Å²) in [5.74, 6) is 0.422. The van der Waals surface area contributed by atoms with Gasteiger partial charge in [0.2, 0.25) is 0 Å². The van der Waals surface area contributed by atoms with E-state index in [0.29, 0.717) is 36.4 Å². The molecule has 0 bridgehead atoms. The first kappa shape index (κ1) is 11.3. The van der Waals surface area contributed by atoms with Gasteiger partial charge < -0.3 is 20.3 Å². The Bertz CT molecular complexity index is 537. The van der Waals surface area contributed by atoms with Crippen LogP contribution in [0.2, 0.25) is 0 Å². The maximum absolute atomic E-state index is 12.5. The van der Waals surface area contributed by atoms with Gasteiger partial charge in [0.25, 0.3) is 5.91 Å². The van der Waals surface area contributed by atoms with E-state index >= 15 is 0 Å². The van der Waals surface area contributed by atoms with Crippen molar-refractivity contribution < 1.29 is 9.90 Å². The fraction of sp³-hybridized carbons (Fsp3) is 0.643. The first-order chi connectivity index (χ1) is 9.07. The maximum Gasteiger partial charge on any atom is 0.270 e. The van der Waals surface area contributed by atoms with Crippen molar-refractivity contribution in [2.45, 2.75) is 37.3 Å². The van der Waals surface area contributed by atoms with Gasteiger partial charge in [-0.05, 0) is 37.7 Å². The Balaban J connectivity index is 1.52. The summed E-state index contributed by atoms with van der Waals surface area (Å²) in [4.78, 5) is 14.2. The van der Waals surface area contributed by atoms with Gasteiger partial charge in [-0.15, -0.1) is 0 Å². The highest BCUT2D eigenvalue weighted by molar-refractivity contribution is 5.94. The number of aromatic nitrogens is 1. The van der Waals surface area contributed by atoms with Crippen molar-refractivity contribution in [3.8, 4) is 0 Å². The average Bonchev–Trinajstić information content (AvgIpc) is 3.22. The highest BCUT2D eigenvalue weighted by Crippen LogP contribution is 2.45. The van der Waals surface area contributed by atoms with Gasteiger partial charge in [-0.2, -0.15) is 0 Å². The van der Waals surface area contributed by atoms with E-state index in [9.17, 15) is 9.90 Å². The third-order valence-corrected chi connectivity index (χ3v) is 4.58. The molecule has 0 aromatic carbocycles. The Labute approximate surface area is 112 Å². The molecule has 5 heteroatoms. The zero-order valence-corrected chi connectivity index (χ0v) is 10.9. The first-order valence-corrected chi connectivity index (χ1v) is 7.06. The predicted molar refractivity (Wildman–Crippen MR) is 70.7 cm³/mol. The van der Waals surface area contributed by atoms with Crippen LogP contribution in [0.5, 0.6) is 0 Å². The topological polar surface area (TPSA) is 71.5 Å². The Hall–Kier alpha value is -1.49. The molecule has 0 unspecified atom stereocenters. The van der Waals surface area contributed by atoms with Crippen LogP contribution in [-0.4, -0.2) is 39.2 Å². The lowest BCUT2D eigenvalue weighted by atomic mass is 9.88. The largest absolute Gasteiger partial charge is 0.397 e. The minimum atomic E-state index is -0.613. The second-order valence-corrected chi connectivity index (χ2v) is 6.34. The number of amides is 1. The molecule has 3 N–H and O–H groups in total. The van der Waals surface area contributed by atoms with E-state index in [4.69, 9.17) is 5.73 Å². The summed E-state index contributed by atoms with van der Waals surface area (Å²) in [6, 6.07) is 2.20. The van der Waals surface area contributed by atoms with Crippen LogP contribution in [0.15, 0.2) is 12.3 Å². The molecule has 0 radical (unpaired) electrons. The molecule has 102 valence electrons. The second kappa shape index (κ2) is 3.54. The van der Waals surface area contributed by atoms with Gasteiger partial charge in [0.05, 0.1) is 18.8 Å². The molecule has 1 amide bonds. The number of nitrogens with two attached hydrogens (primary N) is 1. The smallest absolute Gasteiger partial charge is 0.270 e. The summed E-state index contributed by atoms with van der Waals surface area (Å²) in [7, 11) is 0. The zero-order chi connectivity index (χ0) is 13.2. The molecule has 4 rings (SSSR count). The van der Waals surface area contributed by atoms with Crippen LogP contribution in [0.3, 0.4) is 0 Å². The number of anilines is 1. The van der Waals surface area contributed by atoms with E-state index in [0.717, 1.165) is 25.7 Å². The molecule has 2 saturated carbocycles. The Morgan fingerprint density at radius 1 is 1.32 bits per heavy atom. The molecular weight excluding hydrogens is 242 g/mol. The number of hydrogen-bond acceptors (Lipinski definition) is 3. The molecule has 3 aliphatic rings. The van der Waals surface area contributed by atoms with Gasteiger partial charge >= 0.3 is 0 Å². The normalized spacial score (nSPS) is 25.2. The maximum atomic E-state index is 12.5. The fourth-order valence-corrected chi connectivity index (χ4v) is 3.13. The number of carbonyl (C=O) groups is 1. The molecule has 3 fully saturated rings. The van der Waals surface area contributed by atoms with E-state index in [1.54, 1.807) is 11.0 Å². The summed E-state index contributed by atoms with van der Waals surface area (Å²) in [6.45, 7) is 0.957. The third-order valence-electron chi connectivity index (χ3n) is 4.58. The van der Waals surface area contributed by atoms with Gasteiger partial charge in [-0.1, -0.05) is 0 Å². The van der Waals surface area contributed by atoms with Crippen LogP contribution in [0.1, 0.15) is 42.2 Å². The predicted octanol–water partition coefficient (Wildman–Crippen LogP) is 1.00. The lowest BCUT2D eigenvalue weighted by Gasteiger charge is -2.47. The standard InChI is InChI=1S/C14H19N3O2/c15-10-5-12(17(6-10)11-3-4-11)13(18)16-7-14(19,8-16)9-1-2-9/h5-6,9,11,19H,1-4,7-8,15H2. The first-order valence-electron chi connectivity index (χ1n) is 7.06. The van der Waals surface area contributed by atoms with Crippen molar-refractivity contribution in [1.82, 2.24) is 9.47 Å². The lowest BCUT2D eigenvalue weighted by molar-refractivity contribution is -0.0960. The van der Waals surface area contributed by atoms with Crippen molar-refractivity contribution >= 4 is 11.6 Å². The van der Waals surface area contributed by atoms with Gasteiger partial charge in [0.15, 0.2) is 0 Å². The summed E-state index contributed by atoms with van der Waals surface area (Å²) >= 11 is 0.